The third-order valence-corrected chi connectivity index (χ3v) is 8.31. The predicted octanol–water partition coefficient (Wildman–Crippen LogP) is 5.55. The standard InChI is InChI=1S/C25H26FN3O2S2/c1-16-12-17(2)25(18(3)13-16)33(30,31)28-14-19(4)32-24-7-5-6-23-22(24)15-27-29(23)21-10-8-20(26)9-11-21/h5-13,15,19,28H,14H2,1-4H3. The summed E-state index contributed by atoms with van der Waals surface area (Å²) in [6.07, 6.45) is 1.79. The van der Waals surface area contributed by atoms with Crippen molar-refractivity contribution in [3.8, 4) is 5.69 Å². The van der Waals surface area contributed by atoms with Crippen LogP contribution in [0.15, 0.2) is 70.6 Å². The number of sulfonamides is 1. The first-order valence-corrected chi connectivity index (χ1v) is 13.0. The molecule has 0 spiro atoms. The lowest BCUT2D eigenvalue weighted by Gasteiger charge is -2.16. The maximum absolute atomic E-state index is 13.3. The van der Waals surface area contributed by atoms with E-state index < -0.39 is 10.0 Å². The molecule has 8 heteroatoms. The van der Waals surface area contributed by atoms with Gasteiger partial charge in [-0.3, -0.25) is 0 Å². The van der Waals surface area contributed by atoms with E-state index in [1.54, 1.807) is 34.8 Å². The van der Waals surface area contributed by atoms with Crippen molar-refractivity contribution < 1.29 is 12.8 Å². The molecule has 0 saturated carbocycles. The number of thioether (sulfide) groups is 1. The Hall–Kier alpha value is -2.68. The first-order chi connectivity index (χ1) is 15.7. The molecule has 1 atom stereocenters. The molecule has 0 saturated heterocycles. The van der Waals surface area contributed by atoms with Crippen LogP contribution in [0.2, 0.25) is 0 Å². The number of halogens is 1. The molecule has 0 radical (unpaired) electrons. The van der Waals surface area contributed by atoms with Crippen molar-refractivity contribution in [2.75, 3.05) is 6.54 Å². The highest BCUT2D eigenvalue weighted by Crippen LogP contribution is 2.32. The van der Waals surface area contributed by atoms with Gasteiger partial charge in [0, 0.05) is 22.1 Å². The zero-order chi connectivity index (χ0) is 23.8. The van der Waals surface area contributed by atoms with Crippen molar-refractivity contribution in [1.29, 1.82) is 0 Å². The summed E-state index contributed by atoms with van der Waals surface area (Å²) in [7, 11) is -3.61. The molecule has 172 valence electrons. The molecule has 0 bridgehead atoms. The van der Waals surface area contributed by atoms with Crippen LogP contribution in [-0.2, 0) is 10.0 Å². The molecule has 4 aromatic rings. The molecule has 1 N–H and O–H groups in total. The average molecular weight is 484 g/mol. The Morgan fingerprint density at radius 3 is 2.39 bits per heavy atom. The maximum Gasteiger partial charge on any atom is 0.241 e. The molecule has 0 fully saturated rings. The van der Waals surface area contributed by atoms with Crippen molar-refractivity contribution in [2.24, 2.45) is 0 Å². The van der Waals surface area contributed by atoms with Crippen molar-refractivity contribution in [2.45, 2.75) is 42.7 Å². The van der Waals surface area contributed by atoms with Gasteiger partial charge in [0.05, 0.1) is 22.3 Å². The fourth-order valence-corrected chi connectivity index (χ4v) is 6.79. The molecule has 0 aliphatic heterocycles. The number of aryl methyl sites for hydroxylation is 3. The van der Waals surface area contributed by atoms with E-state index in [-0.39, 0.29) is 11.1 Å². The van der Waals surface area contributed by atoms with Crippen LogP contribution in [-0.4, -0.2) is 30.0 Å². The highest BCUT2D eigenvalue weighted by atomic mass is 32.2. The first-order valence-electron chi connectivity index (χ1n) is 10.6. The van der Waals surface area contributed by atoms with E-state index >= 15 is 0 Å². The van der Waals surface area contributed by atoms with Gasteiger partial charge in [0.1, 0.15) is 5.82 Å². The smallest absolute Gasteiger partial charge is 0.233 e. The van der Waals surface area contributed by atoms with Crippen LogP contribution in [0.5, 0.6) is 0 Å². The van der Waals surface area contributed by atoms with Crippen molar-refractivity contribution in [3.05, 3.63) is 83.3 Å². The first kappa shape index (κ1) is 23.5. The molecule has 1 aromatic heterocycles. The van der Waals surface area contributed by atoms with E-state index in [4.69, 9.17) is 0 Å². The molecule has 1 unspecified atom stereocenters. The van der Waals surface area contributed by atoms with Gasteiger partial charge in [0.2, 0.25) is 10.0 Å². The van der Waals surface area contributed by atoms with Gasteiger partial charge in [-0.05, 0) is 68.3 Å². The van der Waals surface area contributed by atoms with Gasteiger partial charge in [-0.25, -0.2) is 22.2 Å². The summed E-state index contributed by atoms with van der Waals surface area (Å²) in [6, 6.07) is 15.9. The maximum atomic E-state index is 13.3. The minimum atomic E-state index is -3.61. The van der Waals surface area contributed by atoms with Gasteiger partial charge in [0.25, 0.3) is 0 Å². The molecule has 1 heterocycles. The Balaban J connectivity index is 1.52. The van der Waals surface area contributed by atoms with E-state index in [9.17, 15) is 12.8 Å². The van der Waals surface area contributed by atoms with Crippen LogP contribution >= 0.6 is 11.8 Å². The van der Waals surface area contributed by atoms with E-state index in [2.05, 4.69) is 9.82 Å². The zero-order valence-electron chi connectivity index (χ0n) is 19.0. The third-order valence-electron chi connectivity index (χ3n) is 5.41. The summed E-state index contributed by atoms with van der Waals surface area (Å²) in [5.41, 5.74) is 4.22. The van der Waals surface area contributed by atoms with E-state index in [1.807, 2.05) is 58.0 Å². The second-order valence-electron chi connectivity index (χ2n) is 8.23. The number of hydrogen-bond donors (Lipinski definition) is 1. The molecule has 4 rings (SSSR count). The molecule has 33 heavy (non-hydrogen) atoms. The second-order valence-corrected chi connectivity index (χ2v) is 11.4. The molecule has 0 amide bonds. The van der Waals surface area contributed by atoms with E-state index in [0.717, 1.165) is 38.2 Å². The lowest BCUT2D eigenvalue weighted by Crippen LogP contribution is -2.30. The van der Waals surface area contributed by atoms with E-state index in [0.29, 0.717) is 11.4 Å². The largest absolute Gasteiger partial charge is 0.241 e. The normalized spacial score (nSPS) is 12.9. The number of aromatic nitrogens is 2. The number of nitrogens with zero attached hydrogens (tertiary/aromatic N) is 2. The summed E-state index contributed by atoms with van der Waals surface area (Å²) in [6.45, 7) is 7.90. The number of nitrogens with one attached hydrogen (secondary N) is 1. The van der Waals surface area contributed by atoms with Crippen LogP contribution in [0.4, 0.5) is 4.39 Å². The Morgan fingerprint density at radius 1 is 1.06 bits per heavy atom. The average Bonchev–Trinajstić information content (AvgIpc) is 3.17. The van der Waals surface area contributed by atoms with Crippen molar-refractivity contribution in [1.82, 2.24) is 14.5 Å². The number of rotatable bonds is 7. The second kappa shape index (κ2) is 9.29. The lowest BCUT2D eigenvalue weighted by atomic mass is 10.1. The summed E-state index contributed by atoms with van der Waals surface area (Å²) in [5.74, 6) is -0.293. The minimum Gasteiger partial charge on any atom is -0.233 e. The number of hydrogen-bond acceptors (Lipinski definition) is 4. The fraction of sp³-hybridized carbons (Fsp3) is 0.240. The predicted molar refractivity (Wildman–Crippen MR) is 132 cm³/mol. The van der Waals surface area contributed by atoms with Crippen LogP contribution < -0.4 is 4.72 Å². The quantitative estimate of drug-likeness (QED) is 0.350. The van der Waals surface area contributed by atoms with Crippen molar-refractivity contribution in [3.63, 3.8) is 0 Å². The molecular weight excluding hydrogens is 457 g/mol. The Labute approximate surface area is 198 Å². The molecule has 0 aliphatic carbocycles. The molecule has 3 aromatic carbocycles. The third kappa shape index (κ3) is 4.98. The van der Waals surface area contributed by atoms with Crippen molar-refractivity contribution >= 4 is 32.7 Å². The van der Waals surface area contributed by atoms with Crippen LogP contribution in [0, 0.1) is 26.6 Å². The Bertz CT molecular complexity index is 1390. The van der Waals surface area contributed by atoms with Crippen LogP contribution in [0.3, 0.4) is 0 Å². The summed E-state index contributed by atoms with van der Waals surface area (Å²) < 4.78 is 43.8. The van der Waals surface area contributed by atoms with Gasteiger partial charge in [-0.15, -0.1) is 11.8 Å². The topological polar surface area (TPSA) is 64.0 Å². The highest BCUT2D eigenvalue weighted by Gasteiger charge is 2.21. The number of fused-ring (bicyclic) bond motifs is 1. The Kier molecular flexibility index (Phi) is 6.61. The Morgan fingerprint density at radius 2 is 1.73 bits per heavy atom. The molecule has 5 nitrogen and oxygen atoms in total. The van der Waals surface area contributed by atoms with Gasteiger partial charge in [-0.1, -0.05) is 30.7 Å². The lowest BCUT2D eigenvalue weighted by molar-refractivity contribution is 0.580. The fourth-order valence-electron chi connectivity index (χ4n) is 4.06. The monoisotopic (exact) mass is 483 g/mol. The van der Waals surface area contributed by atoms with Gasteiger partial charge < -0.3 is 0 Å². The molecule has 0 aliphatic rings. The van der Waals surface area contributed by atoms with E-state index in [1.165, 1.54) is 12.1 Å². The van der Waals surface area contributed by atoms with Crippen LogP contribution in [0.25, 0.3) is 16.6 Å². The number of benzene rings is 3. The summed E-state index contributed by atoms with van der Waals surface area (Å²) >= 11 is 1.59. The summed E-state index contributed by atoms with van der Waals surface area (Å²) in [5, 5.41) is 5.44. The zero-order valence-corrected chi connectivity index (χ0v) is 20.6. The summed E-state index contributed by atoms with van der Waals surface area (Å²) in [4.78, 5) is 1.36. The van der Waals surface area contributed by atoms with Gasteiger partial charge in [0.15, 0.2) is 0 Å². The van der Waals surface area contributed by atoms with Crippen LogP contribution in [0.1, 0.15) is 23.6 Å². The molecular formula is C25H26FN3O2S2. The SMILES string of the molecule is Cc1cc(C)c(S(=O)(=O)NCC(C)Sc2cccc3c2cnn3-c2ccc(F)cc2)c(C)c1. The highest BCUT2D eigenvalue weighted by molar-refractivity contribution is 8.00. The van der Waals surface area contributed by atoms with Gasteiger partial charge in [-0.2, -0.15) is 5.10 Å². The minimum absolute atomic E-state index is 0.00870. The van der Waals surface area contributed by atoms with Gasteiger partial charge >= 0.3 is 0 Å².